The Balaban J connectivity index is 1.66. The lowest BCUT2D eigenvalue weighted by Crippen LogP contribution is -2.52. The molecule has 2 N–H and O–H groups in total. The highest BCUT2D eigenvalue weighted by Crippen LogP contribution is 2.24. The van der Waals surface area contributed by atoms with Crippen LogP contribution in [0.15, 0.2) is 54.6 Å². The summed E-state index contributed by atoms with van der Waals surface area (Å²) in [7, 11) is 0. The average Bonchev–Trinajstić information content (AvgIpc) is 2.83. The number of carbonyl (C=O) groups is 3. The van der Waals surface area contributed by atoms with Crippen molar-refractivity contribution in [2.24, 2.45) is 0 Å². The first-order valence-electron chi connectivity index (χ1n) is 11.9. The molecule has 0 aliphatic carbocycles. The van der Waals surface area contributed by atoms with Crippen LogP contribution < -0.4 is 5.32 Å². The molecular formula is C27H34N2O6. The first-order valence-corrected chi connectivity index (χ1v) is 11.9. The van der Waals surface area contributed by atoms with Gasteiger partial charge < -0.3 is 19.9 Å². The Hall–Kier alpha value is -3.55. The van der Waals surface area contributed by atoms with Crippen molar-refractivity contribution in [3.63, 3.8) is 0 Å². The molecule has 1 aliphatic rings. The molecule has 2 aromatic rings. The van der Waals surface area contributed by atoms with Crippen LogP contribution >= 0.6 is 0 Å². The summed E-state index contributed by atoms with van der Waals surface area (Å²) in [6.45, 7) is 5.89. The summed E-state index contributed by atoms with van der Waals surface area (Å²) in [5, 5.41) is 12.5. The largest absolute Gasteiger partial charge is 0.508 e. The minimum Gasteiger partial charge on any atom is -0.508 e. The predicted molar refractivity (Wildman–Crippen MR) is 131 cm³/mol. The van der Waals surface area contributed by atoms with E-state index in [4.69, 9.17) is 9.47 Å². The second-order valence-electron chi connectivity index (χ2n) is 9.67. The van der Waals surface area contributed by atoms with Crippen molar-refractivity contribution in [1.82, 2.24) is 10.2 Å². The van der Waals surface area contributed by atoms with Crippen LogP contribution in [0.2, 0.25) is 0 Å². The highest BCUT2D eigenvalue weighted by molar-refractivity contribution is 5.87. The molecule has 8 nitrogen and oxygen atoms in total. The van der Waals surface area contributed by atoms with Crippen molar-refractivity contribution in [1.29, 1.82) is 0 Å². The lowest BCUT2D eigenvalue weighted by molar-refractivity contribution is -0.156. The van der Waals surface area contributed by atoms with Gasteiger partial charge in [0.2, 0.25) is 5.91 Å². The summed E-state index contributed by atoms with van der Waals surface area (Å²) in [5.74, 6) is -1.51. The second-order valence-corrected chi connectivity index (χ2v) is 9.67. The molecule has 2 aromatic carbocycles. The van der Waals surface area contributed by atoms with Crippen LogP contribution in [-0.2, 0) is 25.7 Å². The fourth-order valence-corrected chi connectivity index (χ4v) is 3.96. The molecule has 8 heteroatoms. The van der Waals surface area contributed by atoms with E-state index in [-0.39, 0.29) is 24.8 Å². The SMILES string of the molecule is CC(C)(C)OC(=O)[C@@H](CNC(=O)[C@@H]1CCCCN1C(=O)OCc1ccccc1)c1ccc(O)cc1. The Kier molecular flexibility index (Phi) is 8.73. The van der Waals surface area contributed by atoms with Crippen LogP contribution in [0.25, 0.3) is 0 Å². The fourth-order valence-electron chi connectivity index (χ4n) is 3.96. The summed E-state index contributed by atoms with van der Waals surface area (Å²) in [4.78, 5) is 40.3. The van der Waals surface area contributed by atoms with Gasteiger partial charge in [-0.2, -0.15) is 0 Å². The van der Waals surface area contributed by atoms with E-state index in [1.807, 2.05) is 30.3 Å². The zero-order chi connectivity index (χ0) is 25.4. The molecule has 0 spiro atoms. The number of benzene rings is 2. The van der Waals surface area contributed by atoms with Crippen LogP contribution in [0.1, 0.15) is 57.1 Å². The van der Waals surface area contributed by atoms with Crippen LogP contribution in [0.5, 0.6) is 5.75 Å². The Morgan fingerprint density at radius 3 is 2.40 bits per heavy atom. The molecule has 35 heavy (non-hydrogen) atoms. The number of rotatable bonds is 7. The molecular weight excluding hydrogens is 448 g/mol. The molecule has 3 rings (SSSR count). The van der Waals surface area contributed by atoms with Gasteiger partial charge in [-0.05, 0) is 63.3 Å². The van der Waals surface area contributed by atoms with E-state index >= 15 is 0 Å². The molecule has 0 unspecified atom stereocenters. The number of carbonyl (C=O) groups excluding carboxylic acids is 3. The van der Waals surface area contributed by atoms with Crippen LogP contribution in [-0.4, -0.2) is 52.7 Å². The van der Waals surface area contributed by atoms with Gasteiger partial charge in [-0.15, -0.1) is 0 Å². The third kappa shape index (κ3) is 7.73. The summed E-state index contributed by atoms with van der Waals surface area (Å²) in [5.41, 5.74) is 0.784. The summed E-state index contributed by atoms with van der Waals surface area (Å²) < 4.78 is 11.0. The number of piperidine rings is 1. The molecule has 1 heterocycles. The maximum atomic E-state index is 13.1. The number of phenols is 1. The third-order valence-corrected chi connectivity index (χ3v) is 5.71. The minimum absolute atomic E-state index is 0.00191. The quantitative estimate of drug-likeness (QED) is 0.575. The Morgan fingerprint density at radius 1 is 1.06 bits per heavy atom. The lowest BCUT2D eigenvalue weighted by Gasteiger charge is -2.34. The van der Waals surface area contributed by atoms with Gasteiger partial charge in [-0.25, -0.2) is 4.79 Å². The molecule has 0 saturated carbocycles. The van der Waals surface area contributed by atoms with Crippen molar-refractivity contribution in [3.8, 4) is 5.75 Å². The van der Waals surface area contributed by atoms with Gasteiger partial charge in [0.25, 0.3) is 0 Å². The van der Waals surface area contributed by atoms with Crippen LogP contribution in [0.3, 0.4) is 0 Å². The van der Waals surface area contributed by atoms with Crippen LogP contribution in [0.4, 0.5) is 4.79 Å². The number of phenolic OH excluding ortho intramolecular Hbond substituents is 1. The smallest absolute Gasteiger partial charge is 0.410 e. The number of aromatic hydroxyl groups is 1. The maximum Gasteiger partial charge on any atom is 0.410 e. The van der Waals surface area contributed by atoms with E-state index < -0.39 is 29.6 Å². The molecule has 0 radical (unpaired) electrons. The molecule has 0 bridgehead atoms. The van der Waals surface area contributed by atoms with Crippen molar-refractivity contribution >= 4 is 18.0 Å². The Morgan fingerprint density at radius 2 is 1.74 bits per heavy atom. The minimum atomic E-state index is -0.763. The van der Waals surface area contributed by atoms with Gasteiger partial charge >= 0.3 is 12.1 Å². The van der Waals surface area contributed by atoms with Crippen molar-refractivity contribution in [3.05, 3.63) is 65.7 Å². The molecule has 188 valence electrons. The monoisotopic (exact) mass is 482 g/mol. The van der Waals surface area contributed by atoms with E-state index in [1.54, 1.807) is 32.9 Å². The van der Waals surface area contributed by atoms with E-state index in [2.05, 4.69) is 5.32 Å². The maximum absolute atomic E-state index is 13.1. The number of ether oxygens (including phenoxy) is 2. The highest BCUT2D eigenvalue weighted by atomic mass is 16.6. The van der Waals surface area contributed by atoms with Crippen molar-refractivity contribution in [2.75, 3.05) is 13.1 Å². The summed E-state index contributed by atoms with van der Waals surface area (Å²) >= 11 is 0. The number of esters is 1. The number of nitrogens with zero attached hydrogens (tertiary/aromatic N) is 1. The van der Waals surface area contributed by atoms with Crippen molar-refractivity contribution < 1.29 is 29.0 Å². The first kappa shape index (κ1) is 26.1. The van der Waals surface area contributed by atoms with E-state index in [0.29, 0.717) is 18.5 Å². The van der Waals surface area contributed by atoms with Crippen LogP contribution in [0, 0.1) is 0 Å². The number of amides is 2. The molecule has 2 atom stereocenters. The van der Waals surface area contributed by atoms with Gasteiger partial charge in [-0.3, -0.25) is 14.5 Å². The summed E-state index contributed by atoms with van der Waals surface area (Å²) in [6, 6.07) is 14.9. The van der Waals surface area contributed by atoms with E-state index in [9.17, 15) is 19.5 Å². The van der Waals surface area contributed by atoms with Gasteiger partial charge in [0.15, 0.2) is 0 Å². The highest BCUT2D eigenvalue weighted by Gasteiger charge is 2.34. The molecule has 2 amide bonds. The van der Waals surface area contributed by atoms with Crippen molar-refractivity contribution in [2.45, 2.75) is 64.2 Å². The standard InChI is InChI=1S/C27H34N2O6/c1-27(2,3)35-25(32)22(20-12-14-21(30)15-13-20)17-28-24(31)23-11-7-8-16-29(23)26(33)34-18-19-9-5-4-6-10-19/h4-6,9-10,12-15,22-23,30H,7-8,11,16-18H2,1-3H3,(H,28,31)/t22-,23-/m0/s1. The zero-order valence-electron chi connectivity index (χ0n) is 20.5. The zero-order valence-corrected chi connectivity index (χ0v) is 20.5. The molecule has 0 aromatic heterocycles. The predicted octanol–water partition coefficient (Wildman–Crippen LogP) is 4.13. The summed E-state index contributed by atoms with van der Waals surface area (Å²) in [6.07, 6.45) is 1.59. The second kappa shape index (κ2) is 11.7. The third-order valence-electron chi connectivity index (χ3n) is 5.71. The van der Waals surface area contributed by atoms with Gasteiger partial charge in [0, 0.05) is 13.1 Å². The Labute approximate surface area is 206 Å². The van der Waals surface area contributed by atoms with Gasteiger partial charge in [0.1, 0.15) is 24.0 Å². The van der Waals surface area contributed by atoms with Gasteiger partial charge in [0.05, 0.1) is 5.92 Å². The number of hydrogen-bond donors (Lipinski definition) is 2. The van der Waals surface area contributed by atoms with E-state index in [0.717, 1.165) is 18.4 Å². The topological polar surface area (TPSA) is 105 Å². The normalized spacial score (nSPS) is 16.8. The first-order chi connectivity index (χ1) is 16.6. The molecule has 1 fully saturated rings. The lowest BCUT2D eigenvalue weighted by atomic mass is 9.97. The number of hydrogen-bond acceptors (Lipinski definition) is 6. The fraction of sp³-hybridized carbons (Fsp3) is 0.444. The molecule has 1 saturated heterocycles. The molecule has 1 aliphatic heterocycles. The van der Waals surface area contributed by atoms with E-state index in [1.165, 1.54) is 17.0 Å². The number of nitrogens with one attached hydrogen (secondary N) is 1. The number of likely N-dealkylation sites (tertiary alicyclic amines) is 1. The Bertz CT molecular complexity index is 1000. The van der Waals surface area contributed by atoms with Gasteiger partial charge in [-0.1, -0.05) is 42.5 Å². The average molecular weight is 483 g/mol.